The first-order valence-corrected chi connectivity index (χ1v) is 5.95. The average molecular weight is 247 g/mol. The van der Waals surface area contributed by atoms with Crippen molar-refractivity contribution in [3.05, 3.63) is 35.4 Å². The summed E-state index contributed by atoms with van der Waals surface area (Å²) in [5, 5.41) is 10.0. The summed E-state index contributed by atoms with van der Waals surface area (Å²) in [6, 6.07) is 5.60. The van der Waals surface area contributed by atoms with E-state index >= 15 is 0 Å². The molecule has 3 aromatic rings. The minimum Gasteiger partial charge on any atom is -0.269 e. The lowest BCUT2D eigenvalue weighted by Gasteiger charge is -2.01. The summed E-state index contributed by atoms with van der Waals surface area (Å²) in [7, 11) is 0. The number of fused-ring (bicyclic) bond motifs is 3. The Labute approximate surface area is 103 Å². The molecule has 0 spiro atoms. The Morgan fingerprint density at radius 2 is 2.18 bits per heavy atom. The van der Waals surface area contributed by atoms with Gasteiger partial charge in [-0.3, -0.25) is 4.40 Å². The number of hydrogen-bond donors (Lipinski definition) is 0. The Hall–Kier alpha value is -1.68. The molecule has 0 aliphatic rings. The Morgan fingerprint density at radius 1 is 1.29 bits per heavy atom. The zero-order chi connectivity index (χ0) is 11.8. The zero-order valence-electron chi connectivity index (χ0n) is 9.39. The highest BCUT2D eigenvalue weighted by Crippen LogP contribution is 2.21. The van der Waals surface area contributed by atoms with Crippen LogP contribution < -0.4 is 0 Å². The van der Waals surface area contributed by atoms with Crippen molar-refractivity contribution in [3.8, 4) is 0 Å². The van der Waals surface area contributed by atoms with Crippen LogP contribution in [-0.4, -0.2) is 19.6 Å². The number of halogens is 1. The molecule has 0 amide bonds. The van der Waals surface area contributed by atoms with E-state index in [0.29, 0.717) is 5.02 Å². The van der Waals surface area contributed by atoms with Gasteiger partial charge in [-0.1, -0.05) is 18.5 Å². The fourth-order valence-electron chi connectivity index (χ4n) is 1.94. The third kappa shape index (κ3) is 1.65. The molecule has 5 heteroatoms. The van der Waals surface area contributed by atoms with E-state index < -0.39 is 0 Å². The van der Waals surface area contributed by atoms with Gasteiger partial charge < -0.3 is 0 Å². The van der Waals surface area contributed by atoms with Crippen molar-refractivity contribution in [3.63, 3.8) is 0 Å². The lowest BCUT2D eigenvalue weighted by Crippen LogP contribution is -1.95. The molecule has 0 aliphatic heterocycles. The summed E-state index contributed by atoms with van der Waals surface area (Å²) >= 11 is 6.00. The summed E-state index contributed by atoms with van der Waals surface area (Å²) in [5.41, 5.74) is 1.71. The summed E-state index contributed by atoms with van der Waals surface area (Å²) in [6.45, 7) is 2.12. The van der Waals surface area contributed by atoms with Crippen molar-refractivity contribution in [1.82, 2.24) is 19.6 Å². The Kier molecular flexibility index (Phi) is 2.44. The predicted octanol–water partition coefficient (Wildman–Crippen LogP) is 2.88. The number of rotatable bonds is 2. The van der Waals surface area contributed by atoms with Gasteiger partial charge in [0.2, 0.25) is 0 Å². The lowest BCUT2D eigenvalue weighted by atomic mass is 10.2. The van der Waals surface area contributed by atoms with Gasteiger partial charge in [-0.15, -0.1) is 10.2 Å². The molecule has 0 atom stereocenters. The second kappa shape index (κ2) is 3.96. The lowest BCUT2D eigenvalue weighted by molar-refractivity contribution is 0.813. The molecule has 0 radical (unpaired) electrons. The minimum absolute atomic E-state index is 0.687. The number of hydrogen-bond acceptors (Lipinski definition) is 3. The normalized spacial score (nSPS) is 11.4. The Bertz CT molecular complexity index is 689. The monoisotopic (exact) mass is 246 g/mol. The van der Waals surface area contributed by atoms with Crippen LogP contribution in [-0.2, 0) is 6.42 Å². The number of aromatic nitrogens is 4. The largest absolute Gasteiger partial charge is 0.269 e. The number of aryl methyl sites for hydroxylation is 1. The summed E-state index contributed by atoms with van der Waals surface area (Å²) in [5.74, 6) is 0.942. The Morgan fingerprint density at radius 3 is 3.00 bits per heavy atom. The first-order chi connectivity index (χ1) is 8.29. The van der Waals surface area contributed by atoms with Gasteiger partial charge in [-0.25, -0.2) is 4.98 Å². The molecule has 86 valence electrons. The Balaban J connectivity index is 2.36. The molecule has 1 aromatic carbocycles. The maximum absolute atomic E-state index is 6.00. The minimum atomic E-state index is 0.687. The predicted molar refractivity (Wildman–Crippen MR) is 67.3 cm³/mol. The van der Waals surface area contributed by atoms with Crippen LogP contribution in [0.25, 0.3) is 16.6 Å². The molecule has 0 saturated carbocycles. The second-order valence-electron chi connectivity index (χ2n) is 3.97. The van der Waals surface area contributed by atoms with Crippen LogP contribution in [0.4, 0.5) is 0 Å². The molecule has 0 fully saturated rings. The molecule has 0 N–H and O–H groups in total. The molecule has 0 saturated heterocycles. The van der Waals surface area contributed by atoms with E-state index in [1.807, 2.05) is 22.6 Å². The van der Waals surface area contributed by atoms with E-state index in [2.05, 4.69) is 22.1 Å². The van der Waals surface area contributed by atoms with Crippen LogP contribution >= 0.6 is 11.6 Å². The molecule has 3 rings (SSSR count). The number of benzene rings is 1. The van der Waals surface area contributed by atoms with Gasteiger partial charge >= 0.3 is 0 Å². The van der Waals surface area contributed by atoms with Gasteiger partial charge in [0.15, 0.2) is 5.65 Å². The maximum Gasteiger partial charge on any atom is 0.171 e. The first kappa shape index (κ1) is 10.5. The van der Waals surface area contributed by atoms with Crippen LogP contribution in [0, 0.1) is 0 Å². The van der Waals surface area contributed by atoms with Gasteiger partial charge in [0, 0.05) is 16.8 Å². The van der Waals surface area contributed by atoms with E-state index in [1.54, 1.807) is 6.33 Å². The van der Waals surface area contributed by atoms with Crippen molar-refractivity contribution in [2.24, 2.45) is 0 Å². The molecule has 2 heterocycles. The third-order valence-electron chi connectivity index (χ3n) is 2.75. The van der Waals surface area contributed by atoms with Crippen molar-refractivity contribution >= 4 is 28.2 Å². The summed E-state index contributed by atoms with van der Waals surface area (Å²) in [6.07, 6.45) is 3.71. The molecular formula is C12H11ClN4. The molecule has 0 unspecified atom stereocenters. The van der Waals surface area contributed by atoms with E-state index in [-0.39, 0.29) is 0 Å². The summed E-state index contributed by atoms with van der Waals surface area (Å²) in [4.78, 5) is 4.39. The molecule has 17 heavy (non-hydrogen) atoms. The molecule has 2 aromatic heterocycles. The van der Waals surface area contributed by atoms with Gasteiger partial charge in [0.1, 0.15) is 12.2 Å². The quantitative estimate of drug-likeness (QED) is 0.698. The van der Waals surface area contributed by atoms with Crippen molar-refractivity contribution in [2.45, 2.75) is 19.8 Å². The van der Waals surface area contributed by atoms with E-state index in [1.165, 1.54) is 0 Å². The van der Waals surface area contributed by atoms with Gasteiger partial charge in [-0.05, 0) is 24.6 Å². The molecular weight excluding hydrogens is 236 g/mol. The third-order valence-corrected chi connectivity index (χ3v) is 2.99. The van der Waals surface area contributed by atoms with Crippen molar-refractivity contribution < 1.29 is 0 Å². The van der Waals surface area contributed by atoms with Crippen molar-refractivity contribution in [2.75, 3.05) is 0 Å². The van der Waals surface area contributed by atoms with Crippen LogP contribution in [0.2, 0.25) is 5.02 Å². The first-order valence-electron chi connectivity index (χ1n) is 5.57. The highest BCUT2D eigenvalue weighted by molar-refractivity contribution is 6.31. The van der Waals surface area contributed by atoms with E-state index in [9.17, 15) is 0 Å². The van der Waals surface area contributed by atoms with E-state index in [4.69, 9.17) is 11.6 Å². The van der Waals surface area contributed by atoms with Crippen LogP contribution in [0.1, 0.15) is 19.2 Å². The summed E-state index contributed by atoms with van der Waals surface area (Å²) < 4.78 is 1.93. The van der Waals surface area contributed by atoms with Crippen LogP contribution in [0.3, 0.4) is 0 Å². The number of nitrogens with zero attached hydrogens (tertiary/aromatic N) is 4. The smallest absolute Gasteiger partial charge is 0.171 e. The molecule has 4 nitrogen and oxygen atoms in total. The van der Waals surface area contributed by atoms with Crippen LogP contribution in [0.15, 0.2) is 24.5 Å². The highest BCUT2D eigenvalue weighted by atomic mass is 35.5. The standard InChI is InChI=1S/C12H11ClN4/c1-2-3-11-15-16-12-9-6-8(13)4-5-10(9)14-7-17(11)12/h4-7H,2-3H2,1H3. The van der Waals surface area contributed by atoms with Gasteiger partial charge in [0.25, 0.3) is 0 Å². The fourth-order valence-corrected chi connectivity index (χ4v) is 2.11. The SMILES string of the molecule is CCCc1nnc2c3cc(Cl)ccc3ncn12. The van der Waals surface area contributed by atoms with E-state index in [0.717, 1.165) is 35.2 Å². The molecule has 0 aliphatic carbocycles. The molecule has 0 bridgehead atoms. The highest BCUT2D eigenvalue weighted by Gasteiger charge is 2.08. The maximum atomic E-state index is 6.00. The second-order valence-corrected chi connectivity index (χ2v) is 4.40. The van der Waals surface area contributed by atoms with Gasteiger partial charge in [0.05, 0.1) is 5.52 Å². The van der Waals surface area contributed by atoms with Crippen LogP contribution in [0.5, 0.6) is 0 Å². The zero-order valence-corrected chi connectivity index (χ0v) is 10.1. The van der Waals surface area contributed by atoms with Crippen molar-refractivity contribution in [1.29, 1.82) is 0 Å². The average Bonchev–Trinajstić information content (AvgIpc) is 2.73. The van der Waals surface area contributed by atoms with Gasteiger partial charge in [-0.2, -0.15) is 0 Å². The fraction of sp³-hybridized carbons (Fsp3) is 0.250. The topological polar surface area (TPSA) is 43.1 Å².